The highest BCUT2D eigenvalue weighted by atomic mass is 16.1. The van der Waals surface area contributed by atoms with E-state index < -0.39 is 0 Å². The number of rotatable bonds is 3. The molecule has 11 atom stereocenters. The Bertz CT molecular complexity index is 844. The maximum Gasteiger partial charge on any atom is 0.158 e. The van der Waals surface area contributed by atoms with Gasteiger partial charge >= 0.3 is 0 Å². The summed E-state index contributed by atoms with van der Waals surface area (Å²) in [6.45, 7) is 9.99. The van der Waals surface area contributed by atoms with Gasteiger partial charge < -0.3 is 0 Å². The summed E-state index contributed by atoms with van der Waals surface area (Å²) >= 11 is 0. The molecular formula is C27H40N2O. The van der Waals surface area contributed by atoms with Crippen LogP contribution in [0.4, 0.5) is 0 Å². The van der Waals surface area contributed by atoms with Crippen LogP contribution in [0.1, 0.15) is 71.3 Å². The van der Waals surface area contributed by atoms with Crippen molar-refractivity contribution in [2.75, 3.05) is 0 Å². The van der Waals surface area contributed by atoms with Gasteiger partial charge in [0.05, 0.1) is 12.7 Å². The SMILES string of the molecule is Cc1cnn(CC(=O)[C@H]2[C@@H]3C(C4[C@@H]5CC[C@@H]6C[C@@H](C)CC[C@@H]6C5CC[C@@]42C)[C@@H]3C)c1. The van der Waals surface area contributed by atoms with E-state index >= 15 is 0 Å². The summed E-state index contributed by atoms with van der Waals surface area (Å²) < 4.78 is 1.89. The van der Waals surface area contributed by atoms with Gasteiger partial charge in [-0.2, -0.15) is 5.10 Å². The molecule has 5 aliphatic rings. The van der Waals surface area contributed by atoms with Gasteiger partial charge in [0.25, 0.3) is 0 Å². The van der Waals surface area contributed by atoms with E-state index in [9.17, 15) is 4.79 Å². The number of fused-ring (bicyclic) bond motifs is 7. The number of carbonyl (C=O) groups is 1. The third-order valence-corrected chi connectivity index (χ3v) is 11.0. The Morgan fingerprint density at radius 2 is 1.90 bits per heavy atom. The molecule has 0 saturated heterocycles. The summed E-state index contributed by atoms with van der Waals surface area (Å²) in [5.74, 6) is 8.63. The standard InChI is InChI=1S/C27H40N2O/c1-15-5-7-19-18(11-15)6-8-21-20(19)9-10-27(4)25(21)23-17(3)24(23)26(27)22(30)14-29-13-16(2)12-28-29/h12-13,15,17-21,23-26H,5-11,14H2,1-4H3/t15-,17-,18+,19-,20?,21+,23?,24-,25?,26-,27-/m0/s1. The lowest BCUT2D eigenvalue weighted by molar-refractivity contribution is -0.135. The number of hydrogen-bond acceptors (Lipinski definition) is 2. The molecule has 0 aliphatic heterocycles. The quantitative estimate of drug-likeness (QED) is 0.636. The molecule has 3 nitrogen and oxygen atoms in total. The minimum atomic E-state index is 0.247. The zero-order valence-corrected chi connectivity index (χ0v) is 19.4. The first kappa shape index (κ1) is 19.6. The highest BCUT2D eigenvalue weighted by Gasteiger charge is 2.73. The Balaban J connectivity index is 1.27. The number of nitrogens with zero attached hydrogens (tertiary/aromatic N) is 2. The number of ketones is 1. The molecule has 3 heteroatoms. The van der Waals surface area contributed by atoms with E-state index in [1.807, 2.05) is 17.1 Å². The van der Waals surface area contributed by atoms with Crippen LogP contribution in [0, 0.1) is 71.5 Å². The summed E-state index contributed by atoms with van der Waals surface area (Å²) in [5.41, 5.74) is 1.40. The van der Waals surface area contributed by atoms with Crippen molar-refractivity contribution in [3.63, 3.8) is 0 Å². The van der Waals surface area contributed by atoms with E-state index in [0.717, 1.165) is 52.9 Å². The van der Waals surface area contributed by atoms with Crippen molar-refractivity contribution in [3.8, 4) is 0 Å². The van der Waals surface area contributed by atoms with Crippen molar-refractivity contribution in [1.29, 1.82) is 0 Å². The molecule has 164 valence electrons. The normalized spacial score (nSPS) is 51.5. The molecule has 5 saturated carbocycles. The monoisotopic (exact) mass is 408 g/mol. The van der Waals surface area contributed by atoms with E-state index in [0.29, 0.717) is 18.2 Å². The minimum absolute atomic E-state index is 0.247. The van der Waals surface area contributed by atoms with E-state index in [1.54, 1.807) is 0 Å². The van der Waals surface area contributed by atoms with Crippen LogP contribution in [0.15, 0.2) is 12.4 Å². The first-order chi connectivity index (χ1) is 14.4. The van der Waals surface area contributed by atoms with Crippen molar-refractivity contribution in [2.45, 2.75) is 79.2 Å². The Hall–Kier alpha value is -1.12. The van der Waals surface area contributed by atoms with Gasteiger partial charge in [-0.25, -0.2) is 0 Å². The summed E-state index contributed by atoms with van der Waals surface area (Å²) in [5, 5.41) is 4.42. The van der Waals surface area contributed by atoms with E-state index in [-0.39, 0.29) is 11.3 Å². The Labute approximate surface area is 182 Å². The fourth-order valence-electron chi connectivity index (χ4n) is 9.90. The van der Waals surface area contributed by atoms with E-state index in [2.05, 4.69) is 32.8 Å². The van der Waals surface area contributed by atoms with Gasteiger partial charge in [0.2, 0.25) is 0 Å². The van der Waals surface area contributed by atoms with Crippen molar-refractivity contribution in [2.24, 2.45) is 64.6 Å². The fraction of sp³-hybridized carbons (Fsp3) is 0.852. The third-order valence-electron chi connectivity index (χ3n) is 11.0. The number of carbonyl (C=O) groups excluding carboxylic acids is 1. The third kappa shape index (κ3) is 2.69. The van der Waals surface area contributed by atoms with Crippen LogP contribution in [-0.2, 0) is 11.3 Å². The minimum Gasteiger partial charge on any atom is -0.297 e. The average Bonchev–Trinajstić information content (AvgIpc) is 3.04. The largest absolute Gasteiger partial charge is 0.297 e. The number of aryl methyl sites for hydroxylation is 1. The Morgan fingerprint density at radius 1 is 1.10 bits per heavy atom. The predicted octanol–water partition coefficient (Wildman–Crippen LogP) is 5.77. The lowest BCUT2D eigenvalue weighted by Gasteiger charge is -2.57. The van der Waals surface area contributed by atoms with Crippen LogP contribution in [0.5, 0.6) is 0 Å². The van der Waals surface area contributed by atoms with Gasteiger partial charge in [-0.3, -0.25) is 9.48 Å². The van der Waals surface area contributed by atoms with Gasteiger partial charge in [0, 0.05) is 12.1 Å². The van der Waals surface area contributed by atoms with Crippen molar-refractivity contribution >= 4 is 5.78 Å². The van der Waals surface area contributed by atoms with Crippen molar-refractivity contribution < 1.29 is 4.79 Å². The highest BCUT2D eigenvalue weighted by molar-refractivity contribution is 5.83. The fourth-order valence-corrected chi connectivity index (χ4v) is 9.90. The lowest BCUT2D eigenvalue weighted by Crippen LogP contribution is -2.51. The molecule has 0 radical (unpaired) electrons. The highest BCUT2D eigenvalue weighted by Crippen LogP contribution is 2.76. The zero-order chi connectivity index (χ0) is 20.8. The van der Waals surface area contributed by atoms with Crippen LogP contribution in [0.3, 0.4) is 0 Å². The first-order valence-electron chi connectivity index (χ1n) is 12.9. The summed E-state index contributed by atoms with van der Waals surface area (Å²) in [4.78, 5) is 13.6. The maximum absolute atomic E-state index is 13.6. The van der Waals surface area contributed by atoms with Gasteiger partial charge in [0.1, 0.15) is 0 Å². The molecule has 0 bridgehead atoms. The molecule has 6 rings (SSSR count). The van der Waals surface area contributed by atoms with Crippen LogP contribution in [-0.4, -0.2) is 15.6 Å². The number of Topliss-reactive ketones (excluding diaryl/α,β-unsaturated/α-hetero) is 1. The molecule has 1 heterocycles. The topological polar surface area (TPSA) is 34.9 Å². The second-order valence-electron chi connectivity index (χ2n) is 12.5. The molecule has 1 aromatic rings. The van der Waals surface area contributed by atoms with Crippen molar-refractivity contribution in [1.82, 2.24) is 9.78 Å². The van der Waals surface area contributed by atoms with Crippen LogP contribution < -0.4 is 0 Å². The number of hydrogen-bond donors (Lipinski definition) is 0. The van der Waals surface area contributed by atoms with Crippen LogP contribution in [0.2, 0.25) is 0 Å². The van der Waals surface area contributed by atoms with Crippen LogP contribution in [0.25, 0.3) is 0 Å². The molecule has 30 heavy (non-hydrogen) atoms. The number of aromatic nitrogens is 2. The molecule has 5 aliphatic carbocycles. The van der Waals surface area contributed by atoms with Gasteiger partial charge in [-0.05, 0) is 110 Å². The molecule has 0 spiro atoms. The summed E-state index contributed by atoms with van der Waals surface area (Å²) in [7, 11) is 0. The molecule has 0 aromatic carbocycles. The average molecular weight is 409 g/mol. The van der Waals surface area contributed by atoms with Gasteiger partial charge in [0.15, 0.2) is 5.78 Å². The zero-order valence-electron chi connectivity index (χ0n) is 19.4. The molecular weight excluding hydrogens is 368 g/mol. The second kappa shape index (κ2) is 6.69. The lowest BCUT2D eigenvalue weighted by atomic mass is 9.47. The molecule has 3 unspecified atom stereocenters. The summed E-state index contributed by atoms with van der Waals surface area (Å²) in [6.07, 6.45) is 14.0. The van der Waals surface area contributed by atoms with Gasteiger partial charge in [-0.15, -0.1) is 0 Å². The maximum atomic E-state index is 13.6. The molecule has 0 N–H and O–H groups in total. The Kier molecular flexibility index (Phi) is 4.36. The second-order valence-corrected chi connectivity index (χ2v) is 12.5. The molecule has 1 aromatic heterocycles. The van der Waals surface area contributed by atoms with E-state index in [1.165, 1.54) is 44.9 Å². The first-order valence-corrected chi connectivity index (χ1v) is 12.9. The predicted molar refractivity (Wildman–Crippen MR) is 119 cm³/mol. The van der Waals surface area contributed by atoms with Crippen molar-refractivity contribution in [3.05, 3.63) is 18.0 Å². The molecule has 0 amide bonds. The van der Waals surface area contributed by atoms with Gasteiger partial charge in [-0.1, -0.05) is 27.2 Å². The molecule has 5 fully saturated rings. The van der Waals surface area contributed by atoms with E-state index in [4.69, 9.17) is 0 Å². The smallest absolute Gasteiger partial charge is 0.158 e. The van der Waals surface area contributed by atoms with Crippen LogP contribution >= 0.6 is 0 Å². The Morgan fingerprint density at radius 3 is 2.67 bits per heavy atom. The summed E-state index contributed by atoms with van der Waals surface area (Å²) in [6, 6.07) is 0.